The first-order chi connectivity index (χ1) is 8.74. The lowest BCUT2D eigenvalue weighted by atomic mass is 10.0. The summed E-state index contributed by atoms with van der Waals surface area (Å²) in [6.45, 7) is 0. The van der Waals surface area contributed by atoms with Crippen LogP contribution in [0.1, 0.15) is 10.4 Å². The predicted octanol–water partition coefficient (Wildman–Crippen LogP) is 3.83. The molecule has 0 fully saturated rings. The van der Waals surface area contributed by atoms with Gasteiger partial charge >= 0.3 is 5.97 Å². The van der Waals surface area contributed by atoms with Gasteiger partial charge in [-0.25, -0.2) is 4.79 Å². The average molecular weight is 307 g/mol. The summed E-state index contributed by atoms with van der Waals surface area (Å²) >= 11 is 3.43. The zero-order chi connectivity index (χ0) is 13.0. The van der Waals surface area contributed by atoms with Crippen molar-refractivity contribution in [1.82, 2.24) is 0 Å². The summed E-state index contributed by atoms with van der Waals surface area (Å²) in [5.74, 6) is -0.526. The molecule has 0 saturated carbocycles. The predicted molar refractivity (Wildman–Crippen MR) is 72.0 cm³/mol. The molecule has 0 radical (unpaired) electrons. The molecule has 0 aliphatic rings. The Hall–Kier alpha value is -1.65. The van der Waals surface area contributed by atoms with E-state index in [1.807, 2.05) is 36.4 Å². The van der Waals surface area contributed by atoms with Gasteiger partial charge in [-0.3, -0.25) is 4.89 Å². The fourth-order valence-electron chi connectivity index (χ4n) is 1.65. The Kier molecular flexibility index (Phi) is 4.12. The summed E-state index contributed by atoms with van der Waals surface area (Å²) < 4.78 is 0.693. The second kappa shape index (κ2) is 5.80. The van der Waals surface area contributed by atoms with E-state index in [0.29, 0.717) is 10.0 Å². The highest BCUT2D eigenvalue weighted by Crippen LogP contribution is 2.31. The topological polar surface area (TPSA) is 35.5 Å². The van der Waals surface area contributed by atoms with E-state index in [1.54, 1.807) is 12.1 Å². The monoisotopic (exact) mass is 306 g/mol. The summed E-state index contributed by atoms with van der Waals surface area (Å²) in [7, 11) is 1.30. The molecule has 18 heavy (non-hydrogen) atoms. The molecule has 3 nitrogen and oxygen atoms in total. The standard InChI is InChI=1S/C14H11BrO3/c1-17-18-14(16)12-9-5-8-11(13(12)15)10-6-3-2-4-7-10/h2-9H,1H3. The minimum atomic E-state index is -0.526. The quantitative estimate of drug-likeness (QED) is 0.638. The van der Waals surface area contributed by atoms with Gasteiger partial charge in [0.05, 0.1) is 12.7 Å². The van der Waals surface area contributed by atoms with Crippen LogP contribution in [0, 0.1) is 0 Å². The average Bonchev–Trinajstić information content (AvgIpc) is 2.40. The van der Waals surface area contributed by atoms with Gasteiger partial charge in [0.15, 0.2) is 0 Å². The molecule has 0 aliphatic carbocycles. The van der Waals surface area contributed by atoms with Crippen LogP contribution in [0.15, 0.2) is 53.0 Å². The SMILES string of the molecule is COOC(=O)c1cccc(-c2ccccc2)c1Br. The molecule has 0 bridgehead atoms. The van der Waals surface area contributed by atoms with Crippen LogP contribution in [0.5, 0.6) is 0 Å². The van der Waals surface area contributed by atoms with E-state index < -0.39 is 5.97 Å². The molecule has 0 N–H and O–H groups in total. The molecule has 0 aliphatic heterocycles. The van der Waals surface area contributed by atoms with Crippen LogP contribution >= 0.6 is 15.9 Å². The Bertz CT molecular complexity index is 552. The molecule has 2 rings (SSSR count). The Morgan fingerprint density at radius 2 is 1.78 bits per heavy atom. The lowest BCUT2D eigenvalue weighted by molar-refractivity contribution is -0.216. The first-order valence-corrected chi connectivity index (χ1v) is 6.12. The minimum absolute atomic E-state index is 0.429. The largest absolute Gasteiger partial charge is 0.374 e. The van der Waals surface area contributed by atoms with E-state index in [2.05, 4.69) is 25.7 Å². The first kappa shape index (κ1) is 12.8. The Morgan fingerprint density at radius 1 is 1.06 bits per heavy atom. The van der Waals surface area contributed by atoms with Gasteiger partial charge in [-0.2, -0.15) is 4.89 Å². The summed E-state index contributed by atoms with van der Waals surface area (Å²) in [4.78, 5) is 20.6. The van der Waals surface area contributed by atoms with Gasteiger partial charge < -0.3 is 0 Å². The van der Waals surface area contributed by atoms with Gasteiger partial charge in [0.25, 0.3) is 0 Å². The highest BCUT2D eigenvalue weighted by Gasteiger charge is 2.15. The molecule has 2 aromatic rings. The van der Waals surface area contributed by atoms with Crippen molar-refractivity contribution in [2.45, 2.75) is 0 Å². The Labute approximate surface area is 113 Å². The van der Waals surface area contributed by atoms with E-state index in [4.69, 9.17) is 0 Å². The summed E-state index contributed by atoms with van der Waals surface area (Å²) in [5.41, 5.74) is 2.38. The molecule has 0 heterocycles. The Morgan fingerprint density at radius 3 is 2.44 bits per heavy atom. The molecule has 0 aromatic heterocycles. The molecule has 0 atom stereocenters. The maximum Gasteiger partial charge on any atom is 0.374 e. The molecular formula is C14H11BrO3. The summed E-state index contributed by atoms with van der Waals surface area (Å²) in [5, 5.41) is 0. The number of benzene rings is 2. The minimum Gasteiger partial charge on any atom is -0.293 e. The van der Waals surface area contributed by atoms with Crippen molar-refractivity contribution in [3.05, 3.63) is 58.6 Å². The molecular weight excluding hydrogens is 296 g/mol. The highest BCUT2D eigenvalue weighted by atomic mass is 79.9. The third kappa shape index (κ3) is 2.60. The fourth-order valence-corrected chi connectivity index (χ4v) is 2.31. The number of hydrogen-bond donors (Lipinski definition) is 0. The van der Waals surface area contributed by atoms with Crippen LogP contribution in [0.2, 0.25) is 0 Å². The molecule has 92 valence electrons. The lowest BCUT2D eigenvalue weighted by Crippen LogP contribution is -2.05. The van der Waals surface area contributed by atoms with Crippen LogP contribution in [-0.2, 0) is 9.78 Å². The van der Waals surface area contributed by atoms with Gasteiger partial charge in [0.2, 0.25) is 0 Å². The summed E-state index contributed by atoms with van der Waals surface area (Å²) in [6.07, 6.45) is 0. The zero-order valence-corrected chi connectivity index (χ0v) is 11.3. The number of hydrogen-bond acceptors (Lipinski definition) is 3. The number of carbonyl (C=O) groups is 1. The van der Waals surface area contributed by atoms with Gasteiger partial charge in [0, 0.05) is 4.47 Å². The molecule has 4 heteroatoms. The maximum atomic E-state index is 11.7. The van der Waals surface area contributed by atoms with Crippen molar-refractivity contribution in [2.24, 2.45) is 0 Å². The van der Waals surface area contributed by atoms with Gasteiger partial charge in [-0.15, -0.1) is 0 Å². The zero-order valence-electron chi connectivity index (χ0n) is 9.72. The fraction of sp³-hybridized carbons (Fsp3) is 0.0714. The normalized spacial score (nSPS) is 10.1. The van der Waals surface area contributed by atoms with E-state index in [0.717, 1.165) is 11.1 Å². The number of carbonyl (C=O) groups excluding carboxylic acids is 1. The van der Waals surface area contributed by atoms with Crippen molar-refractivity contribution < 1.29 is 14.6 Å². The van der Waals surface area contributed by atoms with Crippen molar-refractivity contribution >= 4 is 21.9 Å². The van der Waals surface area contributed by atoms with Crippen molar-refractivity contribution in [1.29, 1.82) is 0 Å². The third-order valence-corrected chi connectivity index (χ3v) is 3.32. The molecule has 0 amide bonds. The second-order valence-corrected chi connectivity index (χ2v) is 4.36. The van der Waals surface area contributed by atoms with Crippen LogP contribution in [0.4, 0.5) is 0 Å². The lowest BCUT2D eigenvalue weighted by Gasteiger charge is -2.08. The number of rotatable bonds is 3. The van der Waals surface area contributed by atoms with Crippen LogP contribution in [-0.4, -0.2) is 13.1 Å². The first-order valence-electron chi connectivity index (χ1n) is 5.33. The molecule has 0 unspecified atom stereocenters. The van der Waals surface area contributed by atoms with E-state index >= 15 is 0 Å². The van der Waals surface area contributed by atoms with Crippen LogP contribution < -0.4 is 0 Å². The van der Waals surface area contributed by atoms with E-state index in [-0.39, 0.29) is 0 Å². The third-order valence-electron chi connectivity index (χ3n) is 2.46. The smallest absolute Gasteiger partial charge is 0.293 e. The van der Waals surface area contributed by atoms with Gasteiger partial charge in [-0.1, -0.05) is 42.5 Å². The van der Waals surface area contributed by atoms with E-state index in [9.17, 15) is 4.79 Å². The second-order valence-electron chi connectivity index (χ2n) is 3.57. The molecule has 0 saturated heterocycles. The van der Waals surface area contributed by atoms with Crippen LogP contribution in [0.3, 0.4) is 0 Å². The van der Waals surface area contributed by atoms with Crippen molar-refractivity contribution in [3.63, 3.8) is 0 Å². The van der Waals surface area contributed by atoms with Crippen molar-refractivity contribution in [2.75, 3.05) is 7.11 Å². The molecule has 2 aromatic carbocycles. The van der Waals surface area contributed by atoms with Crippen molar-refractivity contribution in [3.8, 4) is 11.1 Å². The Balaban J connectivity index is 2.46. The van der Waals surface area contributed by atoms with Gasteiger partial charge in [-0.05, 0) is 33.1 Å². The highest BCUT2D eigenvalue weighted by molar-refractivity contribution is 9.10. The summed E-state index contributed by atoms with van der Waals surface area (Å²) in [6, 6.07) is 15.2. The van der Waals surface area contributed by atoms with Crippen LogP contribution in [0.25, 0.3) is 11.1 Å². The maximum absolute atomic E-state index is 11.7. The number of halogens is 1. The van der Waals surface area contributed by atoms with Gasteiger partial charge in [0.1, 0.15) is 0 Å². The molecule has 0 spiro atoms. The van der Waals surface area contributed by atoms with E-state index in [1.165, 1.54) is 7.11 Å².